The molecule has 1 saturated heterocycles. The highest BCUT2D eigenvalue weighted by Crippen LogP contribution is 2.21. The molecule has 1 N–H and O–H groups in total. The molecular weight excluding hydrogens is 308 g/mol. The van der Waals surface area contributed by atoms with Crippen LogP contribution in [0.25, 0.3) is 0 Å². The van der Waals surface area contributed by atoms with E-state index in [0.29, 0.717) is 42.1 Å². The molecule has 0 bridgehead atoms. The number of nitrogens with zero attached hydrogens (tertiary/aromatic N) is 1. The molecule has 0 aromatic heterocycles. The average molecular weight is 328 g/mol. The van der Waals surface area contributed by atoms with Crippen LogP contribution in [0.15, 0.2) is 29.2 Å². The van der Waals surface area contributed by atoms with Gasteiger partial charge in [-0.3, -0.25) is 4.21 Å². The predicted octanol–water partition coefficient (Wildman–Crippen LogP) is 0.692. The van der Waals surface area contributed by atoms with E-state index in [1.54, 1.807) is 18.2 Å². The van der Waals surface area contributed by atoms with Crippen molar-refractivity contribution in [2.75, 3.05) is 24.6 Å². The number of hydrogen-bond donors (Lipinski definition) is 1. The summed E-state index contributed by atoms with van der Waals surface area (Å²) in [5, 5.41) is 3.39. The lowest BCUT2D eigenvalue weighted by molar-refractivity contribution is 0.438. The molecule has 116 valence electrons. The van der Waals surface area contributed by atoms with E-state index in [9.17, 15) is 12.6 Å². The first-order valence-electron chi connectivity index (χ1n) is 7.23. The van der Waals surface area contributed by atoms with Crippen molar-refractivity contribution in [3.63, 3.8) is 0 Å². The smallest absolute Gasteiger partial charge is 0.243 e. The zero-order valence-corrected chi connectivity index (χ0v) is 13.5. The van der Waals surface area contributed by atoms with Gasteiger partial charge in [0.25, 0.3) is 0 Å². The highest BCUT2D eigenvalue weighted by molar-refractivity contribution is 7.89. The highest BCUT2D eigenvalue weighted by Gasteiger charge is 2.28. The van der Waals surface area contributed by atoms with E-state index in [1.807, 2.05) is 6.07 Å². The van der Waals surface area contributed by atoms with Crippen molar-refractivity contribution in [2.24, 2.45) is 0 Å². The van der Waals surface area contributed by atoms with E-state index in [1.165, 1.54) is 17.1 Å². The molecule has 1 aliphatic heterocycles. The summed E-state index contributed by atoms with van der Waals surface area (Å²) < 4.78 is 38.0. The molecule has 2 fully saturated rings. The standard InChI is InChI=1S/C14H20N2O3S2/c17-20-8-6-16(7-9-20)21(18,19)14-3-1-2-12(10-14)11-15-13-4-5-13/h1-3,10,13,15H,4-9,11H2. The van der Waals surface area contributed by atoms with Gasteiger partial charge in [-0.25, -0.2) is 8.42 Å². The molecule has 1 heterocycles. The van der Waals surface area contributed by atoms with Crippen molar-refractivity contribution in [2.45, 2.75) is 30.3 Å². The third-order valence-electron chi connectivity index (χ3n) is 3.85. The molecule has 1 aromatic carbocycles. The molecule has 0 amide bonds. The lowest BCUT2D eigenvalue weighted by Gasteiger charge is -2.25. The van der Waals surface area contributed by atoms with Crippen LogP contribution in [0.5, 0.6) is 0 Å². The first kappa shape index (κ1) is 15.1. The summed E-state index contributed by atoms with van der Waals surface area (Å²) in [6.07, 6.45) is 2.42. The van der Waals surface area contributed by atoms with Gasteiger partial charge in [0.15, 0.2) is 0 Å². The van der Waals surface area contributed by atoms with Crippen LogP contribution < -0.4 is 5.32 Å². The van der Waals surface area contributed by atoms with Gasteiger partial charge in [0.2, 0.25) is 10.0 Å². The van der Waals surface area contributed by atoms with Gasteiger partial charge < -0.3 is 5.32 Å². The van der Waals surface area contributed by atoms with E-state index in [-0.39, 0.29) is 0 Å². The van der Waals surface area contributed by atoms with Crippen molar-refractivity contribution in [1.29, 1.82) is 0 Å². The fourth-order valence-corrected chi connectivity index (χ4v) is 5.17. The normalized spacial score (nSPS) is 21.5. The van der Waals surface area contributed by atoms with Crippen LogP contribution in [0.3, 0.4) is 0 Å². The molecule has 7 heteroatoms. The second kappa shape index (κ2) is 6.16. The second-order valence-corrected chi connectivity index (χ2v) is 9.19. The molecule has 3 rings (SSSR count). The third-order valence-corrected chi connectivity index (χ3v) is 7.02. The molecule has 0 unspecified atom stereocenters. The van der Waals surface area contributed by atoms with Crippen molar-refractivity contribution in [3.05, 3.63) is 29.8 Å². The van der Waals surface area contributed by atoms with Crippen molar-refractivity contribution >= 4 is 20.8 Å². The number of nitrogens with one attached hydrogen (secondary N) is 1. The van der Waals surface area contributed by atoms with Crippen molar-refractivity contribution in [3.8, 4) is 0 Å². The van der Waals surface area contributed by atoms with Crippen LogP contribution in [0.2, 0.25) is 0 Å². The van der Waals surface area contributed by atoms with Gasteiger partial charge in [0, 0.05) is 48.0 Å². The quantitative estimate of drug-likeness (QED) is 0.864. The van der Waals surface area contributed by atoms with Crippen LogP contribution in [0.4, 0.5) is 0 Å². The first-order chi connectivity index (χ1) is 10.1. The SMILES string of the molecule is O=S1CCN(S(=O)(=O)c2cccc(CNC3CC3)c2)CC1. The van der Waals surface area contributed by atoms with E-state index in [2.05, 4.69) is 5.32 Å². The van der Waals surface area contributed by atoms with Crippen LogP contribution in [0, 0.1) is 0 Å². The maximum atomic E-state index is 12.6. The second-order valence-electron chi connectivity index (χ2n) is 5.55. The molecule has 1 aromatic rings. The molecule has 1 aliphatic carbocycles. The Morgan fingerprint density at radius 1 is 1.24 bits per heavy atom. The maximum Gasteiger partial charge on any atom is 0.243 e. The van der Waals surface area contributed by atoms with Gasteiger partial charge >= 0.3 is 0 Å². The van der Waals surface area contributed by atoms with Gasteiger partial charge in [-0.2, -0.15) is 4.31 Å². The highest BCUT2D eigenvalue weighted by atomic mass is 32.2. The van der Waals surface area contributed by atoms with E-state index >= 15 is 0 Å². The number of benzene rings is 1. The first-order valence-corrected chi connectivity index (χ1v) is 10.2. The summed E-state index contributed by atoms with van der Waals surface area (Å²) in [5.41, 5.74) is 0.989. The summed E-state index contributed by atoms with van der Waals surface area (Å²) >= 11 is 0. The lowest BCUT2D eigenvalue weighted by Crippen LogP contribution is -2.41. The minimum absolute atomic E-state index is 0.338. The molecule has 0 atom stereocenters. The summed E-state index contributed by atoms with van der Waals surface area (Å²) in [7, 11) is -4.33. The van der Waals surface area contributed by atoms with Crippen LogP contribution >= 0.6 is 0 Å². The van der Waals surface area contributed by atoms with Gasteiger partial charge in [0.05, 0.1) is 4.90 Å². The molecule has 21 heavy (non-hydrogen) atoms. The Morgan fingerprint density at radius 3 is 2.62 bits per heavy atom. The van der Waals surface area contributed by atoms with Gasteiger partial charge in [-0.15, -0.1) is 0 Å². The minimum atomic E-state index is -3.46. The summed E-state index contributed by atoms with van der Waals surface area (Å²) in [4.78, 5) is 0.338. The predicted molar refractivity (Wildman–Crippen MR) is 82.9 cm³/mol. The lowest BCUT2D eigenvalue weighted by atomic mass is 10.2. The maximum absolute atomic E-state index is 12.6. The van der Waals surface area contributed by atoms with Crippen molar-refractivity contribution < 1.29 is 12.6 Å². The zero-order valence-electron chi connectivity index (χ0n) is 11.8. The molecule has 0 spiro atoms. The topological polar surface area (TPSA) is 66.5 Å². The fraction of sp³-hybridized carbons (Fsp3) is 0.571. The Morgan fingerprint density at radius 2 is 1.95 bits per heavy atom. The summed E-state index contributed by atoms with van der Waals surface area (Å²) in [6.45, 7) is 1.40. The molecular formula is C14H20N2O3S2. The number of sulfonamides is 1. The van der Waals surface area contributed by atoms with Gasteiger partial charge in [-0.1, -0.05) is 12.1 Å². The molecule has 5 nitrogen and oxygen atoms in total. The minimum Gasteiger partial charge on any atom is -0.310 e. The van der Waals surface area contributed by atoms with Crippen LogP contribution in [-0.4, -0.2) is 47.6 Å². The van der Waals surface area contributed by atoms with Crippen LogP contribution in [0.1, 0.15) is 18.4 Å². The summed E-state index contributed by atoms with van der Waals surface area (Å²) in [6, 6.07) is 7.72. The Bertz CT molecular complexity index is 631. The Hall–Kier alpha value is -0.760. The largest absolute Gasteiger partial charge is 0.310 e. The number of rotatable bonds is 5. The molecule has 1 saturated carbocycles. The van der Waals surface area contributed by atoms with Gasteiger partial charge in [0.1, 0.15) is 0 Å². The third kappa shape index (κ3) is 3.71. The molecule has 0 radical (unpaired) electrons. The van der Waals surface area contributed by atoms with Gasteiger partial charge in [-0.05, 0) is 30.5 Å². The van der Waals surface area contributed by atoms with Crippen molar-refractivity contribution in [1.82, 2.24) is 9.62 Å². The average Bonchev–Trinajstić information content (AvgIpc) is 3.30. The fourth-order valence-electron chi connectivity index (χ4n) is 2.38. The van der Waals surface area contributed by atoms with E-state index in [0.717, 1.165) is 5.56 Å². The Balaban J connectivity index is 1.74. The Kier molecular flexibility index (Phi) is 4.44. The summed E-state index contributed by atoms with van der Waals surface area (Å²) in [5.74, 6) is 0.865. The molecule has 2 aliphatic rings. The van der Waals surface area contributed by atoms with E-state index < -0.39 is 20.8 Å². The van der Waals surface area contributed by atoms with Crippen LogP contribution in [-0.2, 0) is 27.4 Å². The zero-order chi connectivity index (χ0) is 14.9. The van der Waals surface area contributed by atoms with E-state index in [4.69, 9.17) is 0 Å². The Labute approximate surface area is 128 Å². The number of hydrogen-bond acceptors (Lipinski definition) is 4. The monoisotopic (exact) mass is 328 g/mol.